The molecule has 0 radical (unpaired) electrons. The van der Waals surface area contributed by atoms with Crippen molar-refractivity contribution >= 4 is 21.8 Å². The smallest absolute Gasteiger partial charge is 0.275 e. The molecule has 19 heavy (non-hydrogen) atoms. The largest absolute Gasteiger partial charge is 0.353 e. The van der Waals surface area contributed by atoms with Crippen LogP contribution < -0.4 is 5.56 Å². The highest BCUT2D eigenvalue weighted by Gasteiger charge is 2.19. The van der Waals surface area contributed by atoms with E-state index in [0.29, 0.717) is 5.52 Å². The average molecular weight is 254 g/mol. The Morgan fingerprint density at radius 3 is 2.47 bits per heavy atom. The van der Waals surface area contributed by atoms with Crippen LogP contribution in [0.15, 0.2) is 35.1 Å². The Kier molecular flexibility index (Phi) is 2.36. The molecule has 0 amide bonds. The first-order valence-corrected chi connectivity index (χ1v) is 6.50. The van der Waals surface area contributed by atoms with Gasteiger partial charge >= 0.3 is 0 Å². The van der Waals surface area contributed by atoms with Crippen LogP contribution in [-0.4, -0.2) is 9.55 Å². The van der Waals surface area contributed by atoms with Crippen LogP contribution in [0.4, 0.5) is 0 Å². The third-order valence-corrected chi connectivity index (χ3v) is 3.70. The molecule has 0 bridgehead atoms. The number of fused-ring (bicyclic) bond motifs is 3. The molecule has 98 valence electrons. The fraction of sp³-hybridized carbons (Fsp3) is 0.312. The maximum absolute atomic E-state index is 12.4. The zero-order chi connectivity index (χ0) is 13.8. The van der Waals surface area contributed by atoms with Crippen molar-refractivity contribution in [3.05, 3.63) is 46.4 Å². The third kappa shape index (κ3) is 1.69. The van der Waals surface area contributed by atoms with Gasteiger partial charge in [-0.3, -0.25) is 4.79 Å². The van der Waals surface area contributed by atoms with Gasteiger partial charge in [0.05, 0.1) is 5.52 Å². The van der Waals surface area contributed by atoms with E-state index in [2.05, 4.69) is 37.9 Å². The third-order valence-electron chi connectivity index (χ3n) is 3.70. The van der Waals surface area contributed by atoms with E-state index in [1.807, 2.05) is 25.2 Å². The summed E-state index contributed by atoms with van der Waals surface area (Å²) in [4.78, 5) is 15.7. The minimum absolute atomic E-state index is 0.00509. The van der Waals surface area contributed by atoms with Crippen LogP contribution in [0.1, 0.15) is 26.5 Å². The highest BCUT2D eigenvalue weighted by atomic mass is 16.1. The summed E-state index contributed by atoms with van der Waals surface area (Å²) in [7, 11) is 1.82. The van der Waals surface area contributed by atoms with E-state index < -0.39 is 0 Å². The molecular weight excluding hydrogens is 236 g/mol. The maximum atomic E-state index is 12.4. The van der Waals surface area contributed by atoms with Crippen molar-refractivity contribution in [3.63, 3.8) is 0 Å². The van der Waals surface area contributed by atoms with Gasteiger partial charge in [0, 0.05) is 28.9 Å². The second-order valence-corrected chi connectivity index (χ2v) is 6.10. The summed E-state index contributed by atoms with van der Waals surface area (Å²) in [6.07, 6.45) is 0. The topological polar surface area (TPSA) is 37.8 Å². The molecule has 0 spiro atoms. The normalized spacial score (nSPS) is 12.4. The maximum Gasteiger partial charge on any atom is 0.275 e. The molecule has 3 aromatic rings. The zero-order valence-electron chi connectivity index (χ0n) is 11.7. The van der Waals surface area contributed by atoms with E-state index in [1.165, 1.54) is 0 Å². The molecule has 0 saturated carbocycles. The molecule has 0 aliphatic carbocycles. The van der Waals surface area contributed by atoms with E-state index in [0.717, 1.165) is 22.0 Å². The number of aromatic nitrogens is 2. The summed E-state index contributed by atoms with van der Waals surface area (Å²) >= 11 is 0. The molecule has 0 aliphatic heterocycles. The average Bonchev–Trinajstić information content (AvgIpc) is 2.81. The molecule has 0 saturated heterocycles. The lowest BCUT2D eigenvalue weighted by atomic mass is 9.92. The molecular formula is C16H18N2O. The van der Waals surface area contributed by atoms with Gasteiger partial charge in [-0.1, -0.05) is 39.0 Å². The quantitative estimate of drug-likeness (QED) is 0.656. The number of nitrogens with zero attached hydrogens (tertiary/aromatic N) is 1. The van der Waals surface area contributed by atoms with Crippen molar-refractivity contribution in [1.82, 2.24) is 9.55 Å². The van der Waals surface area contributed by atoms with Crippen molar-refractivity contribution in [1.29, 1.82) is 0 Å². The van der Waals surface area contributed by atoms with Gasteiger partial charge in [0.25, 0.3) is 5.56 Å². The Bertz CT molecular complexity index is 831. The fourth-order valence-electron chi connectivity index (χ4n) is 2.51. The summed E-state index contributed by atoms with van der Waals surface area (Å²) in [5.41, 5.74) is 2.80. The number of rotatable bonds is 0. The number of benzene rings is 1. The van der Waals surface area contributed by atoms with Gasteiger partial charge in [-0.2, -0.15) is 0 Å². The highest BCUT2D eigenvalue weighted by Crippen LogP contribution is 2.28. The summed E-state index contributed by atoms with van der Waals surface area (Å²) in [6.45, 7) is 6.43. The van der Waals surface area contributed by atoms with Crippen LogP contribution in [-0.2, 0) is 12.5 Å². The Morgan fingerprint density at radius 2 is 1.79 bits per heavy atom. The Labute approximate surface area is 111 Å². The Balaban J connectivity index is 2.55. The highest BCUT2D eigenvalue weighted by molar-refractivity contribution is 6.04. The van der Waals surface area contributed by atoms with Crippen molar-refractivity contribution < 1.29 is 0 Å². The van der Waals surface area contributed by atoms with Crippen molar-refractivity contribution in [2.75, 3.05) is 0 Å². The molecule has 2 aromatic heterocycles. The van der Waals surface area contributed by atoms with Gasteiger partial charge in [-0.05, 0) is 12.1 Å². The first kappa shape index (κ1) is 12.0. The summed E-state index contributed by atoms with van der Waals surface area (Å²) in [5, 5.41) is 2.13. The lowest BCUT2D eigenvalue weighted by Crippen LogP contribution is -2.17. The van der Waals surface area contributed by atoms with Crippen molar-refractivity contribution in [3.8, 4) is 0 Å². The van der Waals surface area contributed by atoms with Crippen LogP contribution in [0, 0.1) is 0 Å². The summed E-state index contributed by atoms with van der Waals surface area (Å²) < 4.78 is 1.71. The van der Waals surface area contributed by atoms with Crippen LogP contribution in [0.3, 0.4) is 0 Å². The predicted octanol–water partition coefficient (Wildman–Crippen LogP) is 3.32. The number of H-pyrrole nitrogens is 1. The van der Waals surface area contributed by atoms with Gasteiger partial charge < -0.3 is 9.55 Å². The zero-order valence-corrected chi connectivity index (χ0v) is 11.7. The molecule has 0 atom stereocenters. The van der Waals surface area contributed by atoms with Crippen molar-refractivity contribution in [2.45, 2.75) is 26.2 Å². The molecule has 0 fully saturated rings. The van der Waals surface area contributed by atoms with E-state index in [-0.39, 0.29) is 11.0 Å². The molecule has 3 heteroatoms. The van der Waals surface area contributed by atoms with E-state index in [9.17, 15) is 4.79 Å². The molecule has 0 aliphatic rings. The van der Waals surface area contributed by atoms with E-state index in [4.69, 9.17) is 0 Å². The van der Waals surface area contributed by atoms with Gasteiger partial charge in [0.1, 0.15) is 5.52 Å². The number of pyridine rings is 1. The van der Waals surface area contributed by atoms with Crippen molar-refractivity contribution in [2.24, 2.45) is 7.05 Å². The fourth-order valence-corrected chi connectivity index (χ4v) is 2.51. The summed E-state index contributed by atoms with van der Waals surface area (Å²) in [5.74, 6) is 0. The second-order valence-electron chi connectivity index (χ2n) is 6.10. The Hall–Kier alpha value is -2.03. The van der Waals surface area contributed by atoms with Gasteiger partial charge in [-0.25, -0.2) is 0 Å². The SMILES string of the molecule is Cn1c(=O)c2[nH]c(C(C)(C)C)cc2c2ccccc21. The molecule has 3 nitrogen and oxygen atoms in total. The molecule has 1 N–H and O–H groups in total. The lowest BCUT2D eigenvalue weighted by Gasteiger charge is -2.15. The lowest BCUT2D eigenvalue weighted by molar-refractivity contribution is 0.574. The first-order chi connectivity index (χ1) is 8.89. The number of hydrogen-bond donors (Lipinski definition) is 1. The van der Waals surface area contributed by atoms with Crippen LogP contribution in [0.2, 0.25) is 0 Å². The number of aryl methyl sites for hydroxylation is 1. The molecule has 1 aromatic carbocycles. The van der Waals surface area contributed by atoms with E-state index >= 15 is 0 Å². The minimum atomic E-state index is 0.00509. The molecule has 0 unspecified atom stereocenters. The summed E-state index contributed by atoms with van der Waals surface area (Å²) in [6, 6.07) is 10.1. The van der Waals surface area contributed by atoms with E-state index in [1.54, 1.807) is 4.57 Å². The number of nitrogens with one attached hydrogen (secondary N) is 1. The number of aromatic amines is 1. The molecule has 2 heterocycles. The minimum Gasteiger partial charge on any atom is -0.353 e. The van der Waals surface area contributed by atoms with Gasteiger partial charge in [-0.15, -0.1) is 0 Å². The number of hydrogen-bond acceptors (Lipinski definition) is 1. The molecule has 3 rings (SSSR count). The standard InChI is InChI=1S/C16H18N2O/c1-16(2,3)13-9-11-10-7-5-6-8-12(10)18(4)15(19)14(11)17-13/h5-9,17H,1-4H3. The van der Waals surface area contributed by atoms with Gasteiger partial charge in [0.15, 0.2) is 0 Å². The second kappa shape index (κ2) is 3.73. The van der Waals surface area contributed by atoms with Gasteiger partial charge in [0.2, 0.25) is 0 Å². The number of para-hydroxylation sites is 1. The van der Waals surface area contributed by atoms with Crippen LogP contribution >= 0.6 is 0 Å². The Morgan fingerprint density at radius 1 is 1.11 bits per heavy atom. The van der Waals surface area contributed by atoms with Crippen LogP contribution in [0.5, 0.6) is 0 Å². The van der Waals surface area contributed by atoms with Crippen LogP contribution in [0.25, 0.3) is 21.8 Å². The monoisotopic (exact) mass is 254 g/mol. The first-order valence-electron chi connectivity index (χ1n) is 6.50. The predicted molar refractivity (Wildman–Crippen MR) is 79.7 cm³/mol.